The molecule has 3 nitrogen and oxygen atoms in total. The Balaban J connectivity index is 2.28. The van der Waals surface area contributed by atoms with Gasteiger partial charge in [-0.3, -0.25) is 0 Å². The molecule has 37 heavy (non-hydrogen) atoms. The van der Waals surface area contributed by atoms with Crippen LogP contribution in [-0.2, 0) is 6.42 Å². The third-order valence-electron chi connectivity index (χ3n) is 6.25. The first-order chi connectivity index (χ1) is 18.1. The zero-order chi connectivity index (χ0) is 26.7. The number of thiocarbonyl (C=S) groups is 1. The molecule has 0 heterocycles. The third kappa shape index (κ3) is 11.7. The SMILES string of the molecule is CCCCCOc1cc(C=CC(=S)c2ccc(CCC)cc2)cc(OCCCCC)c1OCCCCC. The van der Waals surface area contributed by atoms with Crippen molar-refractivity contribution < 1.29 is 14.2 Å². The fraction of sp³-hybridized carbons (Fsp3) is 0.545. The summed E-state index contributed by atoms with van der Waals surface area (Å²) < 4.78 is 18.8. The molecule has 0 radical (unpaired) electrons. The van der Waals surface area contributed by atoms with E-state index in [1.54, 1.807) is 0 Å². The maximum Gasteiger partial charge on any atom is 0.203 e. The van der Waals surface area contributed by atoms with E-state index in [1.165, 1.54) is 5.56 Å². The maximum atomic E-state index is 6.27. The summed E-state index contributed by atoms with van der Waals surface area (Å²) in [6.07, 6.45) is 16.3. The lowest BCUT2D eigenvalue weighted by molar-refractivity contribution is 0.235. The molecule has 0 aromatic heterocycles. The lowest BCUT2D eigenvalue weighted by atomic mass is 10.0. The summed E-state index contributed by atoms with van der Waals surface area (Å²) in [4.78, 5) is 0.818. The van der Waals surface area contributed by atoms with Crippen LogP contribution in [0.4, 0.5) is 0 Å². The second-order valence-corrected chi connectivity index (χ2v) is 10.1. The van der Waals surface area contributed by atoms with E-state index in [-0.39, 0.29) is 0 Å². The van der Waals surface area contributed by atoms with Crippen LogP contribution in [0.2, 0.25) is 0 Å². The Hall–Kier alpha value is -2.33. The van der Waals surface area contributed by atoms with Crippen LogP contribution in [-0.4, -0.2) is 24.7 Å². The topological polar surface area (TPSA) is 27.7 Å². The van der Waals surface area contributed by atoms with Crippen LogP contribution < -0.4 is 14.2 Å². The molecule has 0 unspecified atom stereocenters. The van der Waals surface area contributed by atoms with Crippen molar-refractivity contribution >= 4 is 23.2 Å². The molecule has 0 aliphatic carbocycles. The normalized spacial score (nSPS) is 11.1. The van der Waals surface area contributed by atoms with Crippen molar-refractivity contribution in [3.8, 4) is 17.2 Å². The molecule has 0 amide bonds. The van der Waals surface area contributed by atoms with Gasteiger partial charge in [0.05, 0.1) is 19.8 Å². The highest BCUT2D eigenvalue weighted by atomic mass is 32.1. The predicted octanol–water partition coefficient (Wildman–Crippen LogP) is 9.78. The van der Waals surface area contributed by atoms with Crippen molar-refractivity contribution in [1.29, 1.82) is 0 Å². The lowest BCUT2D eigenvalue weighted by Gasteiger charge is -2.18. The van der Waals surface area contributed by atoms with Gasteiger partial charge in [0.1, 0.15) is 0 Å². The molecule has 0 saturated carbocycles. The van der Waals surface area contributed by atoms with Gasteiger partial charge in [-0.25, -0.2) is 0 Å². The van der Waals surface area contributed by atoms with Gasteiger partial charge in [0, 0.05) is 4.86 Å². The first-order valence-corrected chi connectivity index (χ1v) is 14.9. The molecule has 0 spiro atoms. The van der Waals surface area contributed by atoms with Crippen molar-refractivity contribution in [1.82, 2.24) is 0 Å². The largest absolute Gasteiger partial charge is 0.490 e. The zero-order valence-corrected chi connectivity index (χ0v) is 24.5. The Kier molecular flexibility index (Phi) is 15.7. The average Bonchev–Trinajstić information content (AvgIpc) is 2.91. The minimum atomic E-state index is 0.664. The number of benzene rings is 2. The molecule has 4 heteroatoms. The van der Waals surface area contributed by atoms with Gasteiger partial charge in [0.2, 0.25) is 5.75 Å². The number of rotatable bonds is 20. The second-order valence-electron chi connectivity index (χ2n) is 9.66. The third-order valence-corrected chi connectivity index (χ3v) is 6.62. The van der Waals surface area contributed by atoms with Crippen molar-refractivity contribution in [3.63, 3.8) is 0 Å². The van der Waals surface area contributed by atoms with Gasteiger partial charge in [-0.1, -0.05) is 115 Å². The van der Waals surface area contributed by atoms with Gasteiger partial charge in [-0.15, -0.1) is 0 Å². The highest BCUT2D eigenvalue weighted by molar-refractivity contribution is 7.81. The van der Waals surface area contributed by atoms with Gasteiger partial charge >= 0.3 is 0 Å². The van der Waals surface area contributed by atoms with E-state index in [1.807, 2.05) is 6.08 Å². The number of unbranched alkanes of at least 4 members (excludes halogenated alkanes) is 6. The molecule has 2 rings (SSSR count). The van der Waals surface area contributed by atoms with Crippen LogP contribution in [0.25, 0.3) is 6.08 Å². The van der Waals surface area contributed by atoms with Gasteiger partial charge in [-0.05, 0) is 60.6 Å². The number of hydrogen-bond acceptors (Lipinski definition) is 4. The van der Waals surface area contributed by atoms with Gasteiger partial charge in [0.25, 0.3) is 0 Å². The molecular weight excluding hydrogens is 476 g/mol. The van der Waals surface area contributed by atoms with Crippen LogP contribution in [0.3, 0.4) is 0 Å². The van der Waals surface area contributed by atoms with E-state index in [9.17, 15) is 0 Å². The molecule has 0 bridgehead atoms. The molecule has 0 aliphatic heterocycles. The molecule has 2 aromatic carbocycles. The Morgan fingerprint density at radius 3 is 1.68 bits per heavy atom. The van der Waals surface area contributed by atoms with Crippen LogP contribution in [0.5, 0.6) is 17.2 Å². The minimum absolute atomic E-state index is 0.664. The molecule has 0 saturated heterocycles. The minimum Gasteiger partial charge on any atom is -0.490 e. The van der Waals surface area contributed by atoms with Crippen LogP contribution >= 0.6 is 12.2 Å². The number of hydrogen-bond donors (Lipinski definition) is 0. The number of ether oxygens (including phenoxy) is 3. The molecule has 2 aromatic rings. The highest BCUT2D eigenvalue weighted by Crippen LogP contribution is 2.40. The summed E-state index contributed by atoms with van der Waals surface area (Å²) in [7, 11) is 0. The van der Waals surface area contributed by atoms with E-state index in [0.29, 0.717) is 19.8 Å². The van der Waals surface area contributed by atoms with E-state index in [0.717, 1.165) is 104 Å². The Morgan fingerprint density at radius 2 is 1.19 bits per heavy atom. The van der Waals surface area contributed by atoms with E-state index < -0.39 is 0 Å². The van der Waals surface area contributed by atoms with Crippen molar-refractivity contribution in [2.24, 2.45) is 0 Å². The first kappa shape index (κ1) is 30.9. The van der Waals surface area contributed by atoms with Crippen LogP contribution in [0.1, 0.15) is 109 Å². The molecule has 204 valence electrons. The summed E-state index contributed by atoms with van der Waals surface area (Å²) in [6, 6.07) is 12.7. The van der Waals surface area contributed by atoms with Crippen molar-refractivity contribution in [2.75, 3.05) is 19.8 Å². The number of aryl methyl sites for hydroxylation is 1. The molecule has 0 fully saturated rings. The van der Waals surface area contributed by atoms with Gasteiger partial charge in [-0.2, -0.15) is 0 Å². The fourth-order valence-electron chi connectivity index (χ4n) is 4.04. The predicted molar refractivity (Wildman–Crippen MR) is 163 cm³/mol. The Morgan fingerprint density at radius 1 is 0.676 bits per heavy atom. The summed E-state index contributed by atoms with van der Waals surface area (Å²) in [5.41, 5.74) is 3.41. The first-order valence-electron chi connectivity index (χ1n) is 14.5. The smallest absolute Gasteiger partial charge is 0.203 e. The molecule has 0 N–H and O–H groups in total. The van der Waals surface area contributed by atoms with E-state index >= 15 is 0 Å². The fourth-order valence-corrected chi connectivity index (χ4v) is 4.24. The van der Waals surface area contributed by atoms with Crippen molar-refractivity contribution in [2.45, 2.75) is 98.3 Å². The molecular formula is C33H48O3S. The molecule has 0 aliphatic rings. The van der Waals surface area contributed by atoms with Crippen molar-refractivity contribution in [3.05, 3.63) is 59.2 Å². The summed E-state index contributed by atoms with van der Waals surface area (Å²) >= 11 is 5.73. The monoisotopic (exact) mass is 524 g/mol. The summed E-state index contributed by atoms with van der Waals surface area (Å²) in [5.74, 6) is 2.25. The quantitative estimate of drug-likeness (QED) is 0.0745. The van der Waals surface area contributed by atoms with Crippen LogP contribution in [0.15, 0.2) is 42.5 Å². The van der Waals surface area contributed by atoms with E-state index in [4.69, 9.17) is 26.4 Å². The van der Waals surface area contributed by atoms with Crippen LogP contribution in [0, 0.1) is 0 Å². The second kappa shape index (κ2) is 18.8. The van der Waals surface area contributed by atoms with Gasteiger partial charge < -0.3 is 14.2 Å². The lowest BCUT2D eigenvalue weighted by Crippen LogP contribution is -2.06. The average molecular weight is 525 g/mol. The zero-order valence-electron chi connectivity index (χ0n) is 23.7. The maximum absolute atomic E-state index is 6.27. The number of allylic oxidation sites excluding steroid dienone is 1. The molecule has 0 atom stereocenters. The Labute approximate surface area is 231 Å². The van der Waals surface area contributed by atoms with Gasteiger partial charge in [0.15, 0.2) is 11.5 Å². The summed E-state index contributed by atoms with van der Waals surface area (Å²) in [5, 5.41) is 0. The Bertz CT molecular complexity index is 900. The van der Waals surface area contributed by atoms with E-state index in [2.05, 4.69) is 70.2 Å². The summed E-state index contributed by atoms with van der Waals surface area (Å²) in [6.45, 7) is 10.8. The highest BCUT2D eigenvalue weighted by Gasteiger charge is 2.15. The standard InChI is InChI=1S/C33H48O3S/c1-5-9-12-22-34-30-25-28(18-21-32(37)29-19-16-27(15-8-4)17-20-29)26-31(35-23-13-10-6-2)33(30)36-24-14-11-7-3/h16-21,25-26H,5-15,22-24H2,1-4H3.